The van der Waals surface area contributed by atoms with Crippen molar-refractivity contribution >= 4 is 47.0 Å². The van der Waals surface area contributed by atoms with Crippen molar-refractivity contribution in [3.8, 4) is 0 Å². The van der Waals surface area contributed by atoms with Crippen molar-refractivity contribution in [1.82, 2.24) is 26.7 Å². The van der Waals surface area contributed by atoms with Crippen LogP contribution in [0.25, 0.3) is 0 Å². The number of benzene rings is 1. The average molecular weight is 648 g/mol. The molecule has 0 heterocycles. The number of primary amides is 1. The molecule has 1 atom stereocenters. The lowest BCUT2D eigenvalue weighted by atomic mass is 10.0. The maximum absolute atomic E-state index is 13.0. The second-order valence-electron chi connectivity index (χ2n) is 11.1. The number of nitrogens with two attached hydrogens (primary N) is 1. The molecule has 0 radical (unpaired) electrons. The Balaban J connectivity index is 2.53. The molecule has 0 spiro atoms. The molecule has 15 heteroatoms. The number of Topliss-reactive ketones (excluding diaryl/α,β-unsaturated/α-hetero) is 1. The van der Waals surface area contributed by atoms with Crippen LogP contribution in [0.3, 0.4) is 0 Å². The molecule has 1 aromatic rings. The second kappa shape index (κ2) is 22.9. The average Bonchev–Trinajstić information content (AvgIpc) is 2.99. The van der Waals surface area contributed by atoms with E-state index in [1.54, 1.807) is 38.1 Å². The van der Waals surface area contributed by atoms with Crippen LogP contribution >= 0.6 is 0 Å². The van der Waals surface area contributed by atoms with Crippen molar-refractivity contribution in [1.29, 1.82) is 0 Å². The van der Waals surface area contributed by atoms with E-state index in [1.165, 1.54) is 6.92 Å². The van der Waals surface area contributed by atoms with Crippen molar-refractivity contribution in [3.63, 3.8) is 0 Å². The summed E-state index contributed by atoms with van der Waals surface area (Å²) in [5, 5.41) is 13.0. The first-order valence-electron chi connectivity index (χ1n) is 15.5. The van der Waals surface area contributed by atoms with Gasteiger partial charge in [-0.3, -0.25) is 33.6 Å². The first kappa shape index (κ1) is 39.5. The first-order chi connectivity index (χ1) is 21.9. The Kier molecular flexibility index (Phi) is 19.7. The number of hydroxylamine groups is 1. The fourth-order valence-corrected chi connectivity index (χ4v) is 4.03. The molecule has 0 aliphatic carbocycles. The maximum atomic E-state index is 13.0. The predicted octanol–water partition coefficient (Wildman–Crippen LogP) is 1.31. The van der Waals surface area contributed by atoms with E-state index in [9.17, 15) is 33.6 Å². The molecule has 0 fully saturated rings. The van der Waals surface area contributed by atoms with Crippen LogP contribution in [-0.2, 0) is 40.2 Å². The maximum Gasteiger partial charge on any atom is 0.312 e. The van der Waals surface area contributed by atoms with Gasteiger partial charge in [-0.2, -0.15) is 0 Å². The normalized spacial score (nSPS) is 11.2. The lowest BCUT2D eigenvalue weighted by Crippen LogP contribution is -2.47. The molecule has 0 aromatic heterocycles. The highest BCUT2D eigenvalue weighted by molar-refractivity contribution is 5.97. The van der Waals surface area contributed by atoms with Gasteiger partial charge in [0.2, 0.25) is 29.5 Å². The number of anilines is 1. The number of nitrogens with one attached hydrogen (secondary N) is 6. The molecule has 0 saturated heterocycles. The summed E-state index contributed by atoms with van der Waals surface area (Å²) < 4.78 is 0. The molecular formula is C31H49N7O8. The number of rotatable bonds is 23. The van der Waals surface area contributed by atoms with Gasteiger partial charge in [0.15, 0.2) is 0 Å². The minimum absolute atomic E-state index is 0.0663. The SMILES string of the molecule is CC(=O)NCCCCCC(=O)NOCc1ccc(NC(=O)[C@H](CCCNC(N)=O)NC(=O)CNC(=O)CCCC(=O)C(C)C)cc1. The molecule has 7 amide bonds. The quantitative estimate of drug-likeness (QED) is 0.0675. The highest BCUT2D eigenvalue weighted by Crippen LogP contribution is 2.12. The zero-order valence-corrected chi connectivity index (χ0v) is 27.0. The van der Waals surface area contributed by atoms with E-state index in [0.717, 1.165) is 18.4 Å². The highest BCUT2D eigenvalue weighted by atomic mass is 16.6. The summed E-state index contributed by atoms with van der Waals surface area (Å²) >= 11 is 0. The lowest BCUT2D eigenvalue weighted by molar-refractivity contribution is -0.134. The number of ketones is 1. The molecule has 15 nitrogen and oxygen atoms in total. The first-order valence-corrected chi connectivity index (χ1v) is 15.5. The Morgan fingerprint density at radius 1 is 0.761 bits per heavy atom. The molecule has 0 aliphatic rings. The summed E-state index contributed by atoms with van der Waals surface area (Å²) in [7, 11) is 0. The van der Waals surface area contributed by atoms with Crippen molar-refractivity contribution in [3.05, 3.63) is 29.8 Å². The lowest BCUT2D eigenvalue weighted by Gasteiger charge is -2.19. The van der Waals surface area contributed by atoms with Gasteiger partial charge in [-0.1, -0.05) is 32.4 Å². The van der Waals surface area contributed by atoms with Gasteiger partial charge >= 0.3 is 6.03 Å². The highest BCUT2D eigenvalue weighted by Gasteiger charge is 2.21. The summed E-state index contributed by atoms with van der Waals surface area (Å²) in [6, 6.07) is 5.03. The summed E-state index contributed by atoms with van der Waals surface area (Å²) in [6.07, 6.45) is 3.85. The number of amides is 7. The van der Waals surface area contributed by atoms with E-state index < -0.39 is 23.9 Å². The fourth-order valence-electron chi connectivity index (χ4n) is 4.03. The van der Waals surface area contributed by atoms with Crippen molar-refractivity contribution in [2.45, 2.75) is 91.2 Å². The van der Waals surface area contributed by atoms with Crippen molar-refractivity contribution in [2.75, 3.05) is 25.0 Å². The molecule has 0 saturated carbocycles. The van der Waals surface area contributed by atoms with Crippen LogP contribution in [0.1, 0.15) is 84.1 Å². The fraction of sp³-hybridized carbons (Fsp3) is 0.581. The van der Waals surface area contributed by atoms with E-state index in [4.69, 9.17) is 10.6 Å². The smallest absolute Gasteiger partial charge is 0.312 e. The number of carbonyl (C=O) groups is 7. The van der Waals surface area contributed by atoms with Gasteiger partial charge in [0.25, 0.3) is 0 Å². The van der Waals surface area contributed by atoms with E-state index in [1.807, 2.05) is 0 Å². The number of carbonyl (C=O) groups excluding carboxylic acids is 7. The third-order valence-corrected chi connectivity index (χ3v) is 6.64. The number of hydrogen-bond donors (Lipinski definition) is 7. The monoisotopic (exact) mass is 647 g/mol. The molecule has 1 aromatic carbocycles. The van der Waals surface area contributed by atoms with Gasteiger partial charge in [-0.25, -0.2) is 10.3 Å². The van der Waals surface area contributed by atoms with Gasteiger partial charge < -0.3 is 32.3 Å². The van der Waals surface area contributed by atoms with Crippen LogP contribution < -0.4 is 37.8 Å². The van der Waals surface area contributed by atoms with Crippen LogP contribution in [0.2, 0.25) is 0 Å². The van der Waals surface area contributed by atoms with E-state index in [0.29, 0.717) is 37.9 Å². The zero-order valence-electron chi connectivity index (χ0n) is 27.0. The Labute approximate surface area is 269 Å². The molecule has 0 aliphatic heterocycles. The molecule has 256 valence electrons. The molecule has 1 rings (SSSR count). The Hall–Kier alpha value is -4.53. The summed E-state index contributed by atoms with van der Waals surface area (Å²) in [4.78, 5) is 88.4. The van der Waals surface area contributed by atoms with Crippen LogP contribution in [0.15, 0.2) is 24.3 Å². The molecule has 46 heavy (non-hydrogen) atoms. The number of urea groups is 1. The molecule has 0 bridgehead atoms. The van der Waals surface area contributed by atoms with Crippen LogP contribution in [0.4, 0.5) is 10.5 Å². The molecule has 8 N–H and O–H groups in total. The van der Waals surface area contributed by atoms with Gasteiger partial charge in [-0.05, 0) is 49.8 Å². The summed E-state index contributed by atoms with van der Waals surface area (Å²) in [5.41, 5.74) is 8.67. The molecule has 0 unspecified atom stereocenters. The summed E-state index contributed by atoms with van der Waals surface area (Å²) in [5.74, 6) is -1.82. The van der Waals surface area contributed by atoms with Gasteiger partial charge in [-0.15, -0.1) is 0 Å². The molecular weight excluding hydrogens is 598 g/mol. The van der Waals surface area contributed by atoms with Crippen LogP contribution in [0, 0.1) is 5.92 Å². The Morgan fingerprint density at radius 3 is 2.09 bits per heavy atom. The standard InChI is InChI=1S/C31H49N7O8/c1-21(2)26(40)10-7-12-27(41)35-19-29(43)37-25(9-8-18-34-31(32)45)30(44)36-24-15-13-23(14-16-24)20-46-38-28(42)11-5-4-6-17-33-22(3)39/h13-16,21,25H,4-12,17-20H2,1-3H3,(H,33,39)(H,35,41)(H,36,44)(H,37,43)(H,38,42)(H3,32,34,45)/t25-/m0/s1. The van der Waals surface area contributed by atoms with Crippen LogP contribution in [-0.4, -0.2) is 67.0 Å². The Bertz CT molecular complexity index is 1160. The van der Waals surface area contributed by atoms with Crippen molar-refractivity contribution in [2.24, 2.45) is 11.7 Å². The van der Waals surface area contributed by atoms with Crippen LogP contribution in [0.5, 0.6) is 0 Å². The van der Waals surface area contributed by atoms with E-state index >= 15 is 0 Å². The zero-order chi connectivity index (χ0) is 34.3. The number of unbranched alkanes of at least 4 members (excludes halogenated alkanes) is 2. The predicted molar refractivity (Wildman–Crippen MR) is 171 cm³/mol. The van der Waals surface area contributed by atoms with E-state index in [2.05, 4.69) is 32.1 Å². The third kappa shape index (κ3) is 19.7. The third-order valence-electron chi connectivity index (χ3n) is 6.64. The van der Waals surface area contributed by atoms with Gasteiger partial charge in [0.1, 0.15) is 11.8 Å². The summed E-state index contributed by atoms with van der Waals surface area (Å²) in [6.45, 7) is 5.59. The van der Waals surface area contributed by atoms with Crippen molar-refractivity contribution < 1.29 is 38.4 Å². The van der Waals surface area contributed by atoms with E-state index in [-0.39, 0.29) is 68.4 Å². The largest absolute Gasteiger partial charge is 0.356 e. The topological polar surface area (TPSA) is 227 Å². The van der Waals surface area contributed by atoms with Gasteiger partial charge in [0.05, 0.1) is 13.2 Å². The minimum Gasteiger partial charge on any atom is -0.356 e. The van der Waals surface area contributed by atoms with Gasteiger partial charge in [0, 0.05) is 50.9 Å². The minimum atomic E-state index is -0.966. The Morgan fingerprint density at radius 2 is 1.43 bits per heavy atom. The number of hydrogen-bond acceptors (Lipinski definition) is 8. The second-order valence-corrected chi connectivity index (χ2v) is 11.1.